The van der Waals surface area contributed by atoms with Crippen molar-refractivity contribution in [3.05, 3.63) is 52.0 Å². The smallest absolute Gasteiger partial charge is 0.260 e. The predicted molar refractivity (Wildman–Crippen MR) is 98.6 cm³/mol. The zero-order valence-electron chi connectivity index (χ0n) is 14.0. The number of carbonyl (C=O) groups is 2. The summed E-state index contributed by atoms with van der Waals surface area (Å²) >= 11 is 1.42. The van der Waals surface area contributed by atoms with Gasteiger partial charge < -0.3 is 15.8 Å². The molecule has 0 aliphatic carbocycles. The minimum atomic E-state index is -0.603. The number of amides is 2. The van der Waals surface area contributed by atoms with Crippen molar-refractivity contribution in [3.8, 4) is 5.75 Å². The van der Waals surface area contributed by atoms with E-state index in [1.54, 1.807) is 24.3 Å². The number of aryl methyl sites for hydroxylation is 2. The third-order valence-corrected chi connectivity index (χ3v) is 4.77. The molecule has 1 aromatic heterocycles. The highest BCUT2D eigenvalue weighted by Crippen LogP contribution is 2.33. The van der Waals surface area contributed by atoms with Crippen LogP contribution in [-0.2, 0) is 0 Å². The summed E-state index contributed by atoms with van der Waals surface area (Å²) in [5.74, 6) is -0.532. The number of rotatable bonds is 4. The normalized spacial score (nSPS) is 10.7. The molecule has 6 nitrogen and oxygen atoms in total. The van der Waals surface area contributed by atoms with E-state index in [9.17, 15) is 9.59 Å². The van der Waals surface area contributed by atoms with Gasteiger partial charge in [-0.2, -0.15) is 0 Å². The fourth-order valence-electron chi connectivity index (χ4n) is 2.63. The molecule has 2 aromatic carbocycles. The van der Waals surface area contributed by atoms with Crippen LogP contribution < -0.4 is 15.8 Å². The number of primary amides is 1. The fraction of sp³-hybridized carbons (Fsp3) is 0.167. The zero-order chi connectivity index (χ0) is 18.1. The van der Waals surface area contributed by atoms with Gasteiger partial charge in [0.15, 0.2) is 0 Å². The Morgan fingerprint density at radius 2 is 1.96 bits per heavy atom. The first-order chi connectivity index (χ1) is 11.9. The molecule has 1 heterocycles. The molecule has 128 valence electrons. The molecule has 3 aromatic rings. The number of fused-ring (bicyclic) bond motifs is 1. The first-order valence-corrected chi connectivity index (χ1v) is 8.38. The largest absolute Gasteiger partial charge is 0.496 e. The quantitative estimate of drug-likeness (QED) is 0.751. The highest BCUT2D eigenvalue weighted by molar-refractivity contribution is 7.19. The standard InChI is InChI=1S/C18H17N3O3S/c1-9-4-5-11(17(19)22)13(8-9)21-18(23)15-14(24-3)7-6-12-16(15)25-10(2)20-12/h4-8H,1-3H3,(H2,19,22)(H,21,23). The predicted octanol–water partition coefficient (Wildman–Crippen LogP) is 3.27. The number of benzene rings is 2. The molecule has 0 unspecified atom stereocenters. The summed E-state index contributed by atoms with van der Waals surface area (Å²) in [7, 11) is 1.51. The molecule has 0 saturated carbocycles. The molecule has 25 heavy (non-hydrogen) atoms. The molecule has 2 amide bonds. The van der Waals surface area contributed by atoms with E-state index in [2.05, 4.69) is 10.3 Å². The lowest BCUT2D eigenvalue weighted by atomic mass is 10.1. The second-order valence-corrected chi connectivity index (χ2v) is 6.79. The van der Waals surface area contributed by atoms with Gasteiger partial charge in [0.2, 0.25) is 0 Å². The van der Waals surface area contributed by atoms with E-state index in [1.807, 2.05) is 19.9 Å². The first-order valence-electron chi connectivity index (χ1n) is 7.56. The number of anilines is 1. The molecule has 0 saturated heterocycles. The fourth-order valence-corrected chi connectivity index (χ4v) is 3.58. The van der Waals surface area contributed by atoms with E-state index in [0.29, 0.717) is 17.0 Å². The van der Waals surface area contributed by atoms with Crippen molar-refractivity contribution in [2.45, 2.75) is 13.8 Å². The van der Waals surface area contributed by atoms with Crippen molar-refractivity contribution in [3.63, 3.8) is 0 Å². The van der Waals surface area contributed by atoms with E-state index < -0.39 is 5.91 Å². The van der Waals surface area contributed by atoms with Crippen LogP contribution in [0.3, 0.4) is 0 Å². The van der Waals surface area contributed by atoms with Gasteiger partial charge in [-0.1, -0.05) is 6.07 Å². The minimum Gasteiger partial charge on any atom is -0.496 e. The van der Waals surface area contributed by atoms with E-state index in [0.717, 1.165) is 20.8 Å². The summed E-state index contributed by atoms with van der Waals surface area (Å²) in [4.78, 5) is 29.0. The van der Waals surface area contributed by atoms with Crippen LogP contribution in [-0.4, -0.2) is 23.9 Å². The lowest BCUT2D eigenvalue weighted by molar-refractivity contribution is 0.100. The number of nitrogens with two attached hydrogens (primary N) is 1. The summed E-state index contributed by atoms with van der Waals surface area (Å²) in [6, 6.07) is 8.60. The third kappa shape index (κ3) is 3.18. The van der Waals surface area contributed by atoms with Crippen LogP contribution >= 0.6 is 11.3 Å². The van der Waals surface area contributed by atoms with Gasteiger partial charge >= 0.3 is 0 Å². The SMILES string of the molecule is COc1ccc2nc(C)sc2c1C(=O)Nc1cc(C)ccc1C(N)=O. The van der Waals surface area contributed by atoms with E-state index in [-0.39, 0.29) is 11.5 Å². The molecule has 0 fully saturated rings. The number of nitrogens with one attached hydrogen (secondary N) is 1. The van der Waals surface area contributed by atoms with Crippen molar-refractivity contribution < 1.29 is 14.3 Å². The molecule has 7 heteroatoms. The van der Waals surface area contributed by atoms with Gasteiger partial charge in [0.05, 0.1) is 33.6 Å². The maximum atomic E-state index is 12.9. The van der Waals surface area contributed by atoms with E-state index >= 15 is 0 Å². The van der Waals surface area contributed by atoms with Gasteiger partial charge in [0.1, 0.15) is 11.3 Å². The Morgan fingerprint density at radius 3 is 2.64 bits per heavy atom. The van der Waals surface area contributed by atoms with E-state index in [4.69, 9.17) is 10.5 Å². The number of ether oxygens (including phenoxy) is 1. The number of carbonyl (C=O) groups excluding carboxylic acids is 2. The number of nitrogens with zero attached hydrogens (tertiary/aromatic N) is 1. The van der Waals surface area contributed by atoms with Crippen LogP contribution in [0.1, 0.15) is 31.3 Å². The summed E-state index contributed by atoms with van der Waals surface area (Å²) in [5, 5.41) is 3.64. The Kier molecular flexibility index (Phi) is 4.41. The Balaban J connectivity index is 2.09. The molecule has 0 aliphatic heterocycles. The first kappa shape index (κ1) is 16.9. The number of aromatic nitrogens is 1. The molecule has 3 rings (SSSR count). The molecule has 0 bridgehead atoms. The van der Waals surface area contributed by atoms with Crippen molar-refractivity contribution in [1.82, 2.24) is 4.98 Å². The van der Waals surface area contributed by atoms with Crippen LogP contribution in [0.4, 0.5) is 5.69 Å². The van der Waals surface area contributed by atoms with Gasteiger partial charge in [-0.3, -0.25) is 9.59 Å². The summed E-state index contributed by atoms with van der Waals surface area (Å²) in [5.41, 5.74) is 8.06. The van der Waals surface area contributed by atoms with E-state index in [1.165, 1.54) is 18.4 Å². The van der Waals surface area contributed by atoms with Gasteiger partial charge in [-0.25, -0.2) is 4.98 Å². The van der Waals surface area contributed by atoms with Crippen molar-refractivity contribution in [2.75, 3.05) is 12.4 Å². The zero-order valence-corrected chi connectivity index (χ0v) is 14.9. The maximum Gasteiger partial charge on any atom is 0.260 e. The Labute approximate surface area is 148 Å². The van der Waals surface area contributed by atoms with Crippen LogP contribution in [0.2, 0.25) is 0 Å². The molecule has 0 atom stereocenters. The van der Waals surface area contributed by atoms with Crippen molar-refractivity contribution >= 4 is 39.1 Å². The number of thiazole rings is 1. The van der Waals surface area contributed by atoms with Gasteiger partial charge in [0.25, 0.3) is 11.8 Å². The molecular weight excluding hydrogens is 338 g/mol. The molecule has 3 N–H and O–H groups in total. The lowest BCUT2D eigenvalue weighted by Gasteiger charge is -2.12. The van der Waals surface area contributed by atoms with Crippen molar-refractivity contribution in [2.24, 2.45) is 5.73 Å². The molecule has 0 spiro atoms. The number of hydrogen-bond donors (Lipinski definition) is 2. The number of methoxy groups -OCH3 is 1. The Morgan fingerprint density at radius 1 is 1.20 bits per heavy atom. The highest BCUT2D eigenvalue weighted by atomic mass is 32.1. The van der Waals surface area contributed by atoms with Gasteiger partial charge in [-0.05, 0) is 43.7 Å². The topological polar surface area (TPSA) is 94.3 Å². The second kappa shape index (κ2) is 6.52. The molecule has 0 aliphatic rings. The van der Waals surface area contributed by atoms with Gasteiger partial charge in [0, 0.05) is 0 Å². The summed E-state index contributed by atoms with van der Waals surface area (Å²) in [6.07, 6.45) is 0. The lowest BCUT2D eigenvalue weighted by Crippen LogP contribution is -2.19. The van der Waals surface area contributed by atoms with Crippen LogP contribution in [0.15, 0.2) is 30.3 Å². The number of hydrogen-bond acceptors (Lipinski definition) is 5. The summed E-state index contributed by atoms with van der Waals surface area (Å²) in [6.45, 7) is 3.75. The third-order valence-electron chi connectivity index (χ3n) is 3.76. The average Bonchev–Trinajstić information content (AvgIpc) is 2.93. The molecule has 0 radical (unpaired) electrons. The van der Waals surface area contributed by atoms with Crippen LogP contribution in [0.5, 0.6) is 5.75 Å². The maximum absolute atomic E-state index is 12.9. The van der Waals surface area contributed by atoms with Crippen molar-refractivity contribution in [1.29, 1.82) is 0 Å². The minimum absolute atomic E-state index is 0.255. The second-order valence-electron chi connectivity index (χ2n) is 5.59. The van der Waals surface area contributed by atoms with Crippen LogP contribution in [0.25, 0.3) is 10.2 Å². The Hall–Kier alpha value is -2.93. The van der Waals surface area contributed by atoms with Gasteiger partial charge in [-0.15, -0.1) is 11.3 Å². The monoisotopic (exact) mass is 355 g/mol. The summed E-state index contributed by atoms with van der Waals surface area (Å²) < 4.78 is 6.09. The average molecular weight is 355 g/mol. The molecular formula is C18H17N3O3S. The van der Waals surface area contributed by atoms with Crippen LogP contribution in [0, 0.1) is 13.8 Å². The highest BCUT2D eigenvalue weighted by Gasteiger charge is 2.21. The Bertz CT molecular complexity index is 995.